The molecule has 1 aromatic heterocycles. The molecule has 0 aromatic carbocycles. The first kappa shape index (κ1) is 17.6. The summed E-state index contributed by atoms with van der Waals surface area (Å²) in [4.78, 5) is 20.4. The predicted octanol–water partition coefficient (Wildman–Crippen LogP) is 2.82. The first-order valence-electron chi connectivity index (χ1n) is 9.03. The number of hydrogen-bond acceptors (Lipinski definition) is 4. The van der Waals surface area contributed by atoms with Gasteiger partial charge in [-0.25, -0.2) is 4.98 Å². The smallest absolute Gasteiger partial charge is 0.391 e. The summed E-state index contributed by atoms with van der Waals surface area (Å²) in [5, 5.41) is 10.5. The molecule has 3 atom stereocenters. The van der Waals surface area contributed by atoms with Crippen LogP contribution in [0.2, 0.25) is 0 Å². The van der Waals surface area contributed by atoms with Gasteiger partial charge in [-0.2, -0.15) is 13.2 Å². The van der Waals surface area contributed by atoms with Gasteiger partial charge in [-0.1, -0.05) is 13.8 Å². The van der Waals surface area contributed by atoms with Crippen LogP contribution in [0.5, 0.6) is 0 Å². The molecule has 4 rings (SSSR count). The number of aliphatic hydroxyl groups is 1. The third kappa shape index (κ3) is 2.74. The second-order valence-electron chi connectivity index (χ2n) is 7.88. The van der Waals surface area contributed by atoms with Crippen molar-refractivity contribution in [2.75, 3.05) is 16.3 Å². The summed E-state index contributed by atoms with van der Waals surface area (Å²) in [7, 11) is 0. The SMILES string of the molecule is CC(C)C1CC2C(=O)N(C3CC3)c3cc(C(F)(F)F)cnc3N2CC1O. The average Bonchev–Trinajstić information content (AvgIpc) is 3.38. The molecule has 0 spiro atoms. The van der Waals surface area contributed by atoms with Crippen LogP contribution < -0.4 is 9.80 Å². The lowest BCUT2D eigenvalue weighted by atomic mass is 9.79. The van der Waals surface area contributed by atoms with Crippen molar-refractivity contribution in [2.24, 2.45) is 11.8 Å². The summed E-state index contributed by atoms with van der Waals surface area (Å²) in [5.74, 6) is 0.406. The average molecular weight is 369 g/mol. The number of piperidine rings is 1. The summed E-state index contributed by atoms with van der Waals surface area (Å²) in [5.41, 5.74) is -0.635. The summed E-state index contributed by atoms with van der Waals surface area (Å²) in [6.45, 7) is 4.23. The van der Waals surface area contributed by atoms with E-state index in [0.717, 1.165) is 25.1 Å². The predicted molar refractivity (Wildman–Crippen MR) is 89.8 cm³/mol. The highest BCUT2D eigenvalue weighted by molar-refractivity contribution is 6.05. The van der Waals surface area contributed by atoms with E-state index in [-0.39, 0.29) is 36.0 Å². The minimum Gasteiger partial charge on any atom is -0.391 e. The van der Waals surface area contributed by atoms with Crippen LogP contribution in [0, 0.1) is 11.8 Å². The third-order valence-electron chi connectivity index (χ3n) is 5.75. The van der Waals surface area contributed by atoms with Crippen molar-refractivity contribution >= 4 is 17.4 Å². The van der Waals surface area contributed by atoms with Gasteiger partial charge in [0, 0.05) is 18.8 Å². The molecule has 3 unspecified atom stereocenters. The maximum atomic E-state index is 13.1. The van der Waals surface area contributed by atoms with Crippen LogP contribution in [-0.4, -0.2) is 40.7 Å². The maximum Gasteiger partial charge on any atom is 0.417 e. The Balaban J connectivity index is 1.78. The summed E-state index contributed by atoms with van der Waals surface area (Å²) in [6.07, 6.45) is -2.25. The molecule has 142 valence electrons. The number of halogens is 3. The zero-order chi connectivity index (χ0) is 18.8. The molecule has 1 aromatic rings. The van der Waals surface area contributed by atoms with E-state index in [0.29, 0.717) is 12.2 Å². The fraction of sp³-hybridized carbons (Fsp3) is 0.667. The molecule has 1 saturated carbocycles. The minimum atomic E-state index is -4.51. The van der Waals surface area contributed by atoms with E-state index in [1.165, 1.54) is 4.90 Å². The molecular weight excluding hydrogens is 347 g/mol. The van der Waals surface area contributed by atoms with Crippen molar-refractivity contribution in [3.63, 3.8) is 0 Å². The Morgan fingerprint density at radius 3 is 2.58 bits per heavy atom. The minimum absolute atomic E-state index is 0.0164. The van der Waals surface area contributed by atoms with Crippen molar-refractivity contribution in [3.05, 3.63) is 17.8 Å². The zero-order valence-corrected chi connectivity index (χ0v) is 14.7. The van der Waals surface area contributed by atoms with Gasteiger partial charge in [0.25, 0.3) is 0 Å². The Hall–Kier alpha value is -1.83. The van der Waals surface area contributed by atoms with Crippen LogP contribution in [0.1, 0.15) is 38.7 Å². The van der Waals surface area contributed by atoms with Gasteiger partial charge in [-0.15, -0.1) is 0 Å². The number of amides is 1. The number of carbonyl (C=O) groups is 1. The molecule has 26 heavy (non-hydrogen) atoms. The van der Waals surface area contributed by atoms with Crippen LogP contribution in [-0.2, 0) is 11.0 Å². The molecule has 3 aliphatic rings. The molecule has 8 heteroatoms. The molecule has 2 fully saturated rings. The molecule has 5 nitrogen and oxygen atoms in total. The van der Waals surface area contributed by atoms with Crippen LogP contribution in [0.4, 0.5) is 24.7 Å². The lowest BCUT2D eigenvalue weighted by Gasteiger charge is -2.49. The first-order valence-corrected chi connectivity index (χ1v) is 9.03. The Labute approximate surface area is 149 Å². The second kappa shape index (κ2) is 5.84. The number of carbonyl (C=O) groups excluding carboxylic acids is 1. The molecule has 0 bridgehead atoms. The van der Waals surface area contributed by atoms with E-state index in [1.807, 2.05) is 13.8 Å². The Morgan fingerprint density at radius 2 is 2.00 bits per heavy atom. The monoisotopic (exact) mass is 369 g/mol. The van der Waals surface area contributed by atoms with Crippen molar-refractivity contribution in [2.45, 2.75) is 57.5 Å². The number of aromatic nitrogens is 1. The van der Waals surface area contributed by atoms with Gasteiger partial charge in [-0.05, 0) is 37.2 Å². The van der Waals surface area contributed by atoms with Gasteiger partial charge in [-0.3, -0.25) is 4.79 Å². The zero-order valence-electron chi connectivity index (χ0n) is 14.7. The third-order valence-corrected chi connectivity index (χ3v) is 5.75. The van der Waals surface area contributed by atoms with E-state index in [4.69, 9.17) is 0 Å². The fourth-order valence-corrected chi connectivity index (χ4v) is 4.18. The quantitative estimate of drug-likeness (QED) is 0.871. The van der Waals surface area contributed by atoms with Gasteiger partial charge in [0.05, 0.1) is 17.4 Å². The lowest BCUT2D eigenvalue weighted by Crippen LogP contribution is -2.61. The molecule has 1 aliphatic carbocycles. The highest BCUT2D eigenvalue weighted by atomic mass is 19.4. The van der Waals surface area contributed by atoms with E-state index >= 15 is 0 Å². The van der Waals surface area contributed by atoms with Crippen molar-refractivity contribution in [3.8, 4) is 0 Å². The van der Waals surface area contributed by atoms with Crippen LogP contribution in [0.15, 0.2) is 12.3 Å². The first-order chi connectivity index (χ1) is 12.2. The number of alkyl halides is 3. The van der Waals surface area contributed by atoms with Crippen molar-refractivity contribution < 1.29 is 23.1 Å². The Bertz CT molecular complexity index is 733. The van der Waals surface area contributed by atoms with Gasteiger partial charge in [0.15, 0.2) is 5.82 Å². The van der Waals surface area contributed by atoms with Crippen molar-refractivity contribution in [1.29, 1.82) is 0 Å². The highest BCUT2D eigenvalue weighted by Crippen LogP contribution is 2.46. The van der Waals surface area contributed by atoms with Gasteiger partial charge >= 0.3 is 6.18 Å². The number of rotatable bonds is 2. The molecular formula is C18H22F3N3O2. The standard InChI is InChI=1S/C18H22F3N3O2/c1-9(2)12-6-14-17(26)24(11-3-4-11)13-5-10(18(19,20)21)7-22-16(13)23(14)8-15(12)25/h5,7,9,11-12,14-15,25H,3-4,6,8H2,1-2H3. The molecule has 0 radical (unpaired) electrons. The normalized spacial score (nSPS) is 29.0. The van der Waals surface area contributed by atoms with Crippen LogP contribution in [0.3, 0.4) is 0 Å². The Kier molecular flexibility index (Phi) is 3.95. The molecule has 2 aliphatic heterocycles. The van der Waals surface area contributed by atoms with Gasteiger partial charge in [0.1, 0.15) is 6.04 Å². The number of fused-ring (bicyclic) bond motifs is 3. The number of nitrogens with zero attached hydrogens (tertiary/aromatic N) is 3. The highest BCUT2D eigenvalue weighted by Gasteiger charge is 2.50. The van der Waals surface area contributed by atoms with Gasteiger partial charge in [0.2, 0.25) is 5.91 Å². The Morgan fingerprint density at radius 1 is 1.31 bits per heavy atom. The largest absolute Gasteiger partial charge is 0.417 e. The molecule has 1 N–H and O–H groups in total. The maximum absolute atomic E-state index is 13.1. The van der Waals surface area contributed by atoms with Gasteiger partial charge < -0.3 is 14.9 Å². The lowest BCUT2D eigenvalue weighted by molar-refractivity contribution is -0.138. The topological polar surface area (TPSA) is 56.7 Å². The van der Waals surface area contributed by atoms with E-state index in [9.17, 15) is 23.1 Å². The summed E-state index contributed by atoms with van der Waals surface area (Å²) in [6, 6.07) is 0.511. The number of hydrogen-bond donors (Lipinski definition) is 1. The molecule has 3 heterocycles. The second-order valence-corrected chi connectivity index (χ2v) is 7.88. The molecule has 1 amide bonds. The summed E-state index contributed by atoms with van der Waals surface area (Å²) >= 11 is 0. The van der Waals surface area contributed by atoms with E-state index in [2.05, 4.69) is 4.98 Å². The number of anilines is 2. The van der Waals surface area contributed by atoms with E-state index < -0.39 is 23.9 Å². The summed E-state index contributed by atoms with van der Waals surface area (Å²) < 4.78 is 39.4. The van der Waals surface area contributed by atoms with Crippen LogP contribution in [0.25, 0.3) is 0 Å². The van der Waals surface area contributed by atoms with Crippen LogP contribution >= 0.6 is 0 Å². The van der Waals surface area contributed by atoms with E-state index in [1.54, 1.807) is 4.90 Å². The fourth-order valence-electron chi connectivity index (χ4n) is 4.18. The number of aliphatic hydroxyl groups excluding tert-OH is 1. The number of pyridine rings is 1. The molecule has 1 saturated heterocycles. The van der Waals surface area contributed by atoms with Crippen molar-refractivity contribution in [1.82, 2.24) is 4.98 Å².